The Labute approximate surface area is 155 Å². The van der Waals surface area contributed by atoms with Crippen LogP contribution in [0, 0.1) is 0 Å². The lowest BCUT2D eigenvalue weighted by atomic mass is 10.2. The molecule has 0 aliphatic carbocycles. The second kappa shape index (κ2) is 7.84. The van der Waals surface area contributed by atoms with Gasteiger partial charge in [-0.05, 0) is 42.5 Å². The van der Waals surface area contributed by atoms with Crippen molar-refractivity contribution in [1.29, 1.82) is 0 Å². The van der Waals surface area contributed by atoms with E-state index in [0.717, 1.165) is 5.39 Å². The number of carbonyl (C=O) groups excluding carboxylic acids is 2. The van der Waals surface area contributed by atoms with Gasteiger partial charge in [0.25, 0.3) is 5.91 Å². The van der Waals surface area contributed by atoms with Crippen LogP contribution < -0.4 is 15.4 Å². The Kier molecular flexibility index (Phi) is 5.34. The van der Waals surface area contributed by atoms with E-state index in [9.17, 15) is 9.59 Å². The third kappa shape index (κ3) is 4.29. The SMILES string of the molecule is CC(=O)Nc1cccc(NC(=O)COc2ccc(Cl)c3cccnc23)c1. The van der Waals surface area contributed by atoms with Gasteiger partial charge < -0.3 is 15.4 Å². The minimum absolute atomic E-state index is 0.182. The van der Waals surface area contributed by atoms with Crippen LogP contribution in [0.15, 0.2) is 54.7 Å². The van der Waals surface area contributed by atoms with Gasteiger partial charge in [0.2, 0.25) is 5.91 Å². The molecule has 0 spiro atoms. The molecule has 2 N–H and O–H groups in total. The summed E-state index contributed by atoms with van der Waals surface area (Å²) in [6.45, 7) is 1.24. The van der Waals surface area contributed by atoms with E-state index in [0.29, 0.717) is 27.7 Å². The number of aromatic nitrogens is 1. The fraction of sp³-hybridized carbons (Fsp3) is 0.105. The summed E-state index contributed by atoms with van der Waals surface area (Å²) in [7, 11) is 0. The second-order valence-electron chi connectivity index (χ2n) is 5.54. The number of rotatable bonds is 5. The third-order valence-electron chi connectivity index (χ3n) is 3.50. The van der Waals surface area contributed by atoms with Gasteiger partial charge in [-0.15, -0.1) is 0 Å². The van der Waals surface area contributed by atoms with E-state index in [1.165, 1.54) is 6.92 Å². The number of pyridine rings is 1. The zero-order valence-corrected chi connectivity index (χ0v) is 14.7. The normalized spacial score (nSPS) is 10.4. The minimum atomic E-state index is -0.330. The molecule has 3 aromatic rings. The molecule has 0 aliphatic heterocycles. The van der Waals surface area contributed by atoms with E-state index in [1.54, 1.807) is 48.7 Å². The first kappa shape index (κ1) is 17.7. The van der Waals surface area contributed by atoms with Crippen molar-refractivity contribution in [3.8, 4) is 5.75 Å². The summed E-state index contributed by atoms with van der Waals surface area (Å²) in [4.78, 5) is 27.5. The number of fused-ring (bicyclic) bond motifs is 1. The predicted octanol–water partition coefficient (Wildman–Crippen LogP) is 3.86. The number of hydrogen-bond donors (Lipinski definition) is 2. The summed E-state index contributed by atoms with van der Waals surface area (Å²) in [5, 5.41) is 6.71. The Balaban J connectivity index is 1.67. The summed E-state index contributed by atoms with van der Waals surface area (Å²) in [5.41, 5.74) is 1.76. The molecule has 0 unspecified atom stereocenters. The quantitative estimate of drug-likeness (QED) is 0.715. The van der Waals surface area contributed by atoms with Crippen LogP contribution in [0.1, 0.15) is 6.92 Å². The van der Waals surface area contributed by atoms with Crippen molar-refractivity contribution in [1.82, 2.24) is 4.98 Å². The molecule has 0 aliphatic rings. The third-order valence-corrected chi connectivity index (χ3v) is 3.83. The summed E-state index contributed by atoms with van der Waals surface area (Å²) in [5.74, 6) is -0.0323. The van der Waals surface area contributed by atoms with Gasteiger partial charge in [0.05, 0.1) is 5.02 Å². The fourth-order valence-electron chi connectivity index (χ4n) is 2.45. The topological polar surface area (TPSA) is 80.3 Å². The predicted molar refractivity (Wildman–Crippen MR) is 102 cm³/mol. The molecule has 0 fully saturated rings. The summed E-state index contributed by atoms with van der Waals surface area (Å²) in [6.07, 6.45) is 1.64. The Morgan fingerprint density at radius 1 is 1.08 bits per heavy atom. The van der Waals surface area contributed by atoms with Crippen molar-refractivity contribution in [2.75, 3.05) is 17.2 Å². The number of nitrogens with zero attached hydrogens (tertiary/aromatic N) is 1. The van der Waals surface area contributed by atoms with Crippen molar-refractivity contribution >= 4 is 45.7 Å². The standard InChI is InChI=1S/C19H16ClN3O3/c1-12(24)22-13-4-2-5-14(10-13)23-18(25)11-26-17-8-7-16(20)15-6-3-9-21-19(15)17/h2-10H,11H2,1H3,(H,22,24)(H,23,25). The molecule has 3 rings (SSSR count). The smallest absolute Gasteiger partial charge is 0.262 e. The number of halogens is 1. The van der Waals surface area contributed by atoms with E-state index in [2.05, 4.69) is 15.6 Å². The lowest BCUT2D eigenvalue weighted by Crippen LogP contribution is -2.20. The van der Waals surface area contributed by atoms with Crippen molar-refractivity contribution in [3.63, 3.8) is 0 Å². The molecule has 0 saturated carbocycles. The monoisotopic (exact) mass is 369 g/mol. The van der Waals surface area contributed by atoms with Crippen molar-refractivity contribution < 1.29 is 14.3 Å². The Hall–Kier alpha value is -3.12. The summed E-state index contributed by atoms with van der Waals surface area (Å²) < 4.78 is 5.60. The van der Waals surface area contributed by atoms with Crippen LogP contribution in [0.4, 0.5) is 11.4 Å². The molecule has 0 atom stereocenters. The van der Waals surface area contributed by atoms with E-state index in [4.69, 9.17) is 16.3 Å². The maximum absolute atomic E-state index is 12.2. The second-order valence-corrected chi connectivity index (χ2v) is 5.95. The number of carbonyl (C=O) groups is 2. The van der Waals surface area contributed by atoms with Crippen LogP contribution >= 0.6 is 11.6 Å². The maximum atomic E-state index is 12.2. The molecular formula is C19H16ClN3O3. The minimum Gasteiger partial charge on any atom is -0.481 e. The molecule has 2 aromatic carbocycles. The first-order chi connectivity index (χ1) is 12.5. The number of ether oxygens (including phenoxy) is 1. The van der Waals surface area contributed by atoms with E-state index in [-0.39, 0.29) is 18.4 Å². The lowest BCUT2D eigenvalue weighted by molar-refractivity contribution is -0.118. The van der Waals surface area contributed by atoms with E-state index < -0.39 is 0 Å². The first-order valence-electron chi connectivity index (χ1n) is 7.86. The van der Waals surface area contributed by atoms with Crippen molar-refractivity contribution in [2.24, 2.45) is 0 Å². The van der Waals surface area contributed by atoms with E-state index >= 15 is 0 Å². The van der Waals surface area contributed by atoms with Gasteiger partial charge in [-0.1, -0.05) is 17.7 Å². The van der Waals surface area contributed by atoms with Gasteiger partial charge in [0.15, 0.2) is 6.61 Å². The van der Waals surface area contributed by atoms with Gasteiger partial charge in [-0.2, -0.15) is 0 Å². The van der Waals surface area contributed by atoms with Gasteiger partial charge in [-0.25, -0.2) is 0 Å². The average Bonchev–Trinajstić information content (AvgIpc) is 2.61. The van der Waals surface area contributed by atoms with E-state index in [1.807, 2.05) is 6.07 Å². The average molecular weight is 370 g/mol. The van der Waals surface area contributed by atoms with Gasteiger partial charge in [0.1, 0.15) is 11.3 Å². The highest BCUT2D eigenvalue weighted by Gasteiger charge is 2.09. The van der Waals surface area contributed by atoms with Gasteiger partial charge in [-0.3, -0.25) is 14.6 Å². The molecular weight excluding hydrogens is 354 g/mol. The molecule has 0 bridgehead atoms. The first-order valence-corrected chi connectivity index (χ1v) is 8.24. The van der Waals surface area contributed by atoms with Crippen LogP contribution in [0.5, 0.6) is 5.75 Å². The van der Waals surface area contributed by atoms with Crippen LogP contribution in [0.25, 0.3) is 10.9 Å². The highest BCUT2D eigenvalue weighted by atomic mass is 35.5. The van der Waals surface area contributed by atoms with Crippen LogP contribution in [-0.2, 0) is 9.59 Å². The molecule has 2 amide bonds. The molecule has 1 aromatic heterocycles. The number of benzene rings is 2. The highest BCUT2D eigenvalue weighted by Crippen LogP contribution is 2.29. The zero-order chi connectivity index (χ0) is 18.5. The van der Waals surface area contributed by atoms with Crippen LogP contribution in [0.3, 0.4) is 0 Å². The Bertz CT molecular complexity index is 975. The summed E-state index contributed by atoms with van der Waals surface area (Å²) in [6, 6.07) is 13.9. The molecule has 6 nitrogen and oxygen atoms in total. The highest BCUT2D eigenvalue weighted by molar-refractivity contribution is 6.35. The maximum Gasteiger partial charge on any atom is 0.262 e. The van der Waals surface area contributed by atoms with Gasteiger partial charge in [0, 0.05) is 29.9 Å². The largest absolute Gasteiger partial charge is 0.481 e. The number of amides is 2. The number of anilines is 2. The Morgan fingerprint density at radius 2 is 1.85 bits per heavy atom. The Morgan fingerprint density at radius 3 is 2.62 bits per heavy atom. The molecule has 1 heterocycles. The molecule has 26 heavy (non-hydrogen) atoms. The van der Waals surface area contributed by atoms with Gasteiger partial charge >= 0.3 is 0 Å². The van der Waals surface area contributed by atoms with Crippen LogP contribution in [-0.4, -0.2) is 23.4 Å². The molecule has 0 saturated heterocycles. The number of nitrogens with one attached hydrogen (secondary N) is 2. The van der Waals surface area contributed by atoms with Crippen LogP contribution in [0.2, 0.25) is 5.02 Å². The number of hydrogen-bond acceptors (Lipinski definition) is 4. The molecule has 0 radical (unpaired) electrons. The molecule has 132 valence electrons. The van der Waals surface area contributed by atoms with Crippen molar-refractivity contribution in [2.45, 2.75) is 6.92 Å². The fourth-order valence-corrected chi connectivity index (χ4v) is 2.66. The van der Waals surface area contributed by atoms with Crippen molar-refractivity contribution in [3.05, 3.63) is 59.8 Å². The summed E-state index contributed by atoms with van der Waals surface area (Å²) >= 11 is 6.15. The lowest BCUT2D eigenvalue weighted by Gasteiger charge is -2.11. The zero-order valence-electron chi connectivity index (χ0n) is 14.0. The molecule has 7 heteroatoms.